The van der Waals surface area contributed by atoms with Gasteiger partial charge in [-0.3, -0.25) is 14.7 Å². The molecule has 1 aliphatic heterocycles. The van der Waals surface area contributed by atoms with Crippen LogP contribution in [0.3, 0.4) is 0 Å². The first kappa shape index (κ1) is 21.7. The topological polar surface area (TPSA) is 80.8 Å². The standard InChI is InChI=1S/C21H25FN4O4S/c1-24-14-18(16-3-5-23-12-19(16)29-10-4-22)20-17(21(24)27)11-15(30-20)13-25-6-8-26(9-7-25)31(2)28/h3,5,11-12,14H,4,6-10,13H2,1-2H3. The summed E-state index contributed by atoms with van der Waals surface area (Å²) in [7, 11) is 0.724. The molecule has 31 heavy (non-hydrogen) atoms. The lowest BCUT2D eigenvalue weighted by atomic mass is 10.1. The number of hydrogen-bond donors (Lipinski definition) is 0. The third-order valence-electron chi connectivity index (χ3n) is 5.38. The summed E-state index contributed by atoms with van der Waals surface area (Å²) in [5, 5.41) is 0.483. The molecule has 8 nitrogen and oxygen atoms in total. The van der Waals surface area contributed by atoms with Crippen LogP contribution in [0.15, 0.2) is 39.9 Å². The molecule has 0 amide bonds. The summed E-state index contributed by atoms with van der Waals surface area (Å²) in [6.07, 6.45) is 6.54. The fourth-order valence-electron chi connectivity index (χ4n) is 3.80. The van der Waals surface area contributed by atoms with Gasteiger partial charge in [0.2, 0.25) is 0 Å². The maximum Gasteiger partial charge on any atom is 0.261 e. The Morgan fingerprint density at radius 3 is 2.74 bits per heavy atom. The predicted molar refractivity (Wildman–Crippen MR) is 117 cm³/mol. The van der Waals surface area contributed by atoms with Crippen molar-refractivity contribution < 1.29 is 17.8 Å². The fraction of sp³-hybridized carbons (Fsp3) is 0.429. The molecule has 0 spiro atoms. The molecule has 10 heteroatoms. The number of rotatable bonds is 7. The minimum Gasteiger partial charge on any atom is -0.489 e. The Balaban J connectivity index is 1.68. The Bertz CT molecular complexity index is 1150. The van der Waals surface area contributed by atoms with E-state index >= 15 is 0 Å². The third kappa shape index (κ3) is 4.56. The minimum absolute atomic E-state index is 0.0778. The molecular weight excluding hydrogens is 423 g/mol. The van der Waals surface area contributed by atoms with Crippen LogP contribution in [0.2, 0.25) is 0 Å². The van der Waals surface area contributed by atoms with Crippen LogP contribution in [0, 0.1) is 0 Å². The van der Waals surface area contributed by atoms with Crippen molar-refractivity contribution in [1.82, 2.24) is 18.8 Å². The first-order valence-electron chi connectivity index (χ1n) is 10.0. The molecule has 1 atom stereocenters. The van der Waals surface area contributed by atoms with E-state index in [0.717, 1.165) is 26.2 Å². The van der Waals surface area contributed by atoms with Gasteiger partial charge in [0.25, 0.3) is 5.56 Å². The molecule has 3 aromatic heterocycles. The number of alkyl halides is 1. The summed E-state index contributed by atoms with van der Waals surface area (Å²) in [6.45, 7) is 2.86. The van der Waals surface area contributed by atoms with E-state index in [1.165, 1.54) is 10.8 Å². The second-order valence-corrected chi connectivity index (χ2v) is 8.82. The largest absolute Gasteiger partial charge is 0.489 e. The average Bonchev–Trinajstić information content (AvgIpc) is 3.19. The number of aromatic nitrogens is 2. The Morgan fingerprint density at radius 2 is 2.03 bits per heavy atom. The smallest absolute Gasteiger partial charge is 0.261 e. The Kier molecular flexibility index (Phi) is 6.49. The number of fused-ring (bicyclic) bond motifs is 1. The molecule has 3 aromatic rings. The van der Waals surface area contributed by atoms with Crippen LogP contribution in [0.1, 0.15) is 5.76 Å². The Morgan fingerprint density at radius 1 is 1.26 bits per heavy atom. The van der Waals surface area contributed by atoms with Crippen molar-refractivity contribution in [3.63, 3.8) is 0 Å². The van der Waals surface area contributed by atoms with Gasteiger partial charge in [-0.15, -0.1) is 0 Å². The molecule has 1 fully saturated rings. The Hall–Kier alpha value is -2.56. The van der Waals surface area contributed by atoms with E-state index in [1.807, 2.05) is 4.31 Å². The molecule has 1 saturated heterocycles. The predicted octanol–water partition coefficient (Wildman–Crippen LogP) is 1.95. The van der Waals surface area contributed by atoms with Gasteiger partial charge in [-0.25, -0.2) is 12.9 Å². The van der Waals surface area contributed by atoms with Crippen molar-refractivity contribution in [3.8, 4) is 16.9 Å². The first-order valence-corrected chi connectivity index (χ1v) is 11.6. The van der Waals surface area contributed by atoms with Crippen molar-refractivity contribution >= 4 is 22.0 Å². The zero-order valence-electron chi connectivity index (χ0n) is 17.5. The van der Waals surface area contributed by atoms with Crippen LogP contribution in [-0.2, 0) is 24.6 Å². The maximum absolute atomic E-state index is 12.7. The van der Waals surface area contributed by atoms with E-state index < -0.39 is 17.7 Å². The van der Waals surface area contributed by atoms with Crippen molar-refractivity contribution in [3.05, 3.63) is 46.8 Å². The highest BCUT2D eigenvalue weighted by Gasteiger charge is 2.22. The lowest BCUT2D eigenvalue weighted by Crippen LogP contribution is -2.46. The summed E-state index contributed by atoms with van der Waals surface area (Å²) in [6, 6.07) is 3.55. The molecule has 1 aliphatic rings. The normalized spacial score (nSPS) is 16.6. The quantitative estimate of drug-likeness (QED) is 0.550. The summed E-state index contributed by atoms with van der Waals surface area (Å²) >= 11 is 0. The van der Waals surface area contributed by atoms with E-state index in [2.05, 4.69) is 9.88 Å². The van der Waals surface area contributed by atoms with Crippen LogP contribution >= 0.6 is 0 Å². The van der Waals surface area contributed by atoms with Crippen LogP contribution in [0.5, 0.6) is 5.75 Å². The highest BCUT2D eigenvalue weighted by Crippen LogP contribution is 2.35. The SMILES string of the molecule is Cn1cc(-c2ccncc2OCCF)c2oc(CN3CCN(S(C)=O)CC3)cc2c1=O. The van der Waals surface area contributed by atoms with Crippen molar-refractivity contribution in [1.29, 1.82) is 0 Å². The molecule has 0 N–H and O–H groups in total. The van der Waals surface area contributed by atoms with E-state index in [1.54, 1.807) is 37.8 Å². The van der Waals surface area contributed by atoms with Gasteiger partial charge in [-0.1, -0.05) is 0 Å². The zero-order chi connectivity index (χ0) is 22.0. The van der Waals surface area contributed by atoms with Gasteiger partial charge in [-0.05, 0) is 12.1 Å². The fourth-order valence-corrected chi connectivity index (χ4v) is 4.48. The highest BCUT2D eigenvalue weighted by molar-refractivity contribution is 7.81. The summed E-state index contributed by atoms with van der Waals surface area (Å²) < 4.78 is 39.4. The number of furan rings is 1. The number of hydrogen-bond acceptors (Lipinski definition) is 6. The number of ether oxygens (including phenoxy) is 1. The molecule has 4 heterocycles. The average molecular weight is 449 g/mol. The van der Waals surface area contributed by atoms with Gasteiger partial charge >= 0.3 is 0 Å². The van der Waals surface area contributed by atoms with Crippen LogP contribution < -0.4 is 10.3 Å². The summed E-state index contributed by atoms with van der Waals surface area (Å²) in [5.74, 6) is 1.12. The highest BCUT2D eigenvalue weighted by atomic mass is 32.2. The molecule has 0 saturated carbocycles. The molecule has 0 radical (unpaired) electrons. The van der Waals surface area contributed by atoms with Crippen LogP contribution in [0.25, 0.3) is 22.1 Å². The minimum atomic E-state index is -0.962. The van der Waals surface area contributed by atoms with E-state index in [-0.39, 0.29) is 12.2 Å². The van der Waals surface area contributed by atoms with Gasteiger partial charge in [0, 0.05) is 63.0 Å². The molecule has 4 rings (SSSR count). The zero-order valence-corrected chi connectivity index (χ0v) is 18.4. The number of nitrogens with zero attached hydrogens (tertiary/aromatic N) is 4. The summed E-state index contributed by atoms with van der Waals surface area (Å²) in [4.78, 5) is 19.0. The second-order valence-electron chi connectivity index (χ2n) is 7.45. The lowest BCUT2D eigenvalue weighted by molar-refractivity contribution is 0.176. The van der Waals surface area contributed by atoms with Gasteiger partial charge < -0.3 is 13.7 Å². The number of pyridine rings is 2. The molecule has 0 bridgehead atoms. The van der Waals surface area contributed by atoms with E-state index in [9.17, 15) is 13.4 Å². The lowest BCUT2D eigenvalue weighted by Gasteiger charge is -2.32. The number of aryl methyl sites for hydroxylation is 1. The monoisotopic (exact) mass is 448 g/mol. The third-order valence-corrected chi connectivity index (χ3v) is 6.48. The van der Waals surface area contributed by atoms with Crippen LogP contribution in [-0.4, -0.2) is 68.7 Å². The summed E-state index contributed by atoms with van der Waals surface area (Å²) in [5.41, 5.74) is 1.69. The van der Waals surface area contributed by atoms with Gasteiger partial charge in [0.1, 0.15) is 30.4 Å². The molecule has 0 aromatic carbocycles. The van der Waals surface area contributed by atoms with Crippen LogP contribution in [0.4, 0.5) is 4.39 Å². The first-order chi connectivity index (χ1) is 15.0. The van der Waals surface area contributed by atoms with Crippen molar-refractivity contribution in [2.75, 3.05) is 45.7 Å². The Labute approximate surface area is 181 Å². The van der Waals surface area contributed by atoms with E-state index in [0.29, 0.717) is 40.2 Å². The van der Waals surface area contributed by atoms with E-state index in [4.69, 9.17) is 9.15 Å². The number of piperazine rings is 1. The number of halogens is 1. The van der Waals surface area contributed by atoms with Gasteiger partial charge in [-0.2, -0.15) is 0 Å². The molecule has 0 aliphatic carbocycles. The molecule has 166 valence electrons. The molecule has 1 unspecified atom stereocenters. The molecular formula is C21H25FN4O4S. The van der Waals surface area contributed by atoms with Gasteiger partial charge in [0.15, 0.2) is 0 Å². The van der Waals surface area contributed by atoms with Crippen molar-refractivity contribution in [2.45, 2.75) is 6.54 Å². The van der Waals surface area contributed by atoms with Gasteiger partial charge in [0.05, 0.1) is 29.1 Å². The second kappa shape index (κ2) is 9.29. The van der Waals surface area contributed by atoms with Crippen molar-refractivity contribution in [2.24, 2.45) is 7.05 Å². The maximum atomic E-state index is 12.7.